The lowest BCUT2D eigenvalue weighted by Gasteiger charge is -2.20. The Hall–Kier alpha value is -0.490. The lowest BCUT2D eigenvalue weighted by molar-refractivity contribution is 0.0540. The minimum absolute atomic E-state index is 0.440. The van der Waals surface area contributed by atoms with Crippen molar-refractivity contribution in [3.63, 3.8) is 0 Å². The van der Waals surface area contributed by atoms with Gasteiger partial charge in [0.05, 0.1) is 15.7 Å². The van der Waals surface area contributed by atoms with Crippen molar-refractivity contribution in [2.24, 2.45) is 0 Å². The summed E-state index contributed by atoms with van der Waals surface area (Å²) in [5, 5.41) is 0.879. The van der Waals surface area contributed by atoms with Crippen molar-refractivity contribution in [3.05, 3.63) is 43.4 Å². The number of carbonyl (C=O) groups excluding carboxylic acids is 1. The fraction of sp³-hybridized carbons (Fsp3) is 0.267. The third-order valence-corrected chi connectivity index (χ3v) is 4.13. The Morgan fingerprint density at radius 2 is 1.64 bits per heavy atom. The van der Waals surface area contributed by atoms with E-state index in [1.807, 2.05) is 20.8 Å². The third kappa shape index (κ3) is 4.07. The molecule has 0 atom stereocenters. The zero-order valence-electron chi connectivity index (χ0n) is 12.1. The summed E-state index contributed by atoms with van der Waals surface area (Å²) in [6.45, 7) is 5.42. The van der Waals surface area contributed by atoms with Crippen molar-refractivity contribution >= 4 is 61.2 Å². The summed E-state index contributed by atoms with van der Waals surface area (Å²) in [7, 11) is 0. The highest BCUT2D eigenvalue weighted by atomic mass is 79.9. The number of aromatic nitrogens is 1. The molecule has 118 valence electrons. The zero-order chi connectivity index (χ0) is 16.7. The molecular formula is C15H13Br2Cl2NO2. The highest BCUT2D eigenvalue weighted by Gasteiger charge is 2.23. The molecule has 0 bridgehead atoms. The van der Waals surface area contributed by atoms with Gasteiger partial charge in [-0.05, 0) is 54.9 Å². The number of rotatable bonds is 1. The molecule has 0 N–H and O–H groups in total. The van der Waals surface area contributed by atoms with E-state index >= 15 is 0 Å². The second-order valence-electron chi connectivity index (χ2n) is 5.64. The molecule has 0 unspecified atom stereocenters. The van der Waals surface area contributed by atoms with Crippen LogP contribution in [0.5, 0.6) is 0 Å². The first-order valence-corrected chi connectivity index (χ1v) is 8.69. The lowest BCUT2D eigenvalue weighted by Crippen LogP contribution is -2.27. The number of nitrogens with zero attached hydrogens (tertiary/aromatic N) is 1. The quantitative estimate of drug-likeness (QED) is 0.461. The van der Waals surface area contributed by atoms with E-state index in [1.165, 1.54) is 4.57 Å². The topological polar surface area (TPSA) is 31.2 Å². The van der Waals surface area contributed by atoms with Gasteiger partial charge in [0.1, 0.15) is 5.60 Å². The monoisotopic (exact) mass is 467 g/mol. The van der Waals surface area contributed by atoms with Crippen LogP contribution in [0.2, 0.25) is 10.0 Å². The molecule has 22 heavy (non-hydrogen) atoms. The van der Waals surface area contributed by atoms with Gasteiger partial charge in [-0.15, -0.1) is 0 Å². The van der Waals surface area contributed by atoms with Gasteiger partial charge >= 0.3 is 6.09 Å². The largest absolute Gasteiger partial charge is 0.443 e. The number of carbonyl (C=O) groups is 1. The van der Waals surface area contributed by atoms with Crippen LogP contribution in [-0.2, 0) is 4.74 Å². The van der Waals surface area contributed by atoms with Crippen molar-refractivity contribution in [1.82, 2.24) is 4.57 Å². The summed E-state index contributed by atoms with van der Waals surface area (Å²) < 4.78 is 8.29. The third-order valence-electron chi connectivity index (χ3n) is 2.64. The molecule has 0 radical (unpaired) electrons. The Morgan fingerprint density at radius 3 is 2.14 bits per heavy atom. The fourth-order valence-electron chi connectivity index (χ4n) is 1.87. The molecule has 0 amide bonds. The summed E-state index contributed by atoms with van der Waals surface area (Å²) in [5.41, 5.74) is 0.532. The average molecular weight is 470 g/mol. The smallest absolute Gasteiger partial charge is 0.419 e. The average Bonchev–Trinajstić information content (AvgIpc) is 2.67. The molecule has 1 aromatic carbocycles. The van der Waals surface area contributed by atoms with E-state index in [0.717, 1.165) is 8.95 Å². The van der Waals surface area contributed by atoms with Gasteiger partial charge in [0.25, 0.3) is 0 Å². The van der Waals surface area contributed by atoms with E-state index in [1.54, 1.807) is 24.4 Å². The summed E-state index contributed by atoms with van der Waals surface area (Å²) >= 11 is 19.3. The second-order valence-corrected chi connectivity index (χ2v) is 8.28. The molecule has 0 aliphatic rings. The van der Waals surface area contributed by atoms with Gasteiger partial charge in [-0.3, -0.25) is 4.57 Å². The van der Waals surface area contributed by atoms with E-state index in [0.29, 0.717) is 21.3 Å². The van der Waals surface area contributed by atoms with E-state index in [-0.39, 0.29) is 0 Å². The van der Waals surface area contributed by atoms with Crippen LogP contribution in [0, 0.1) is 0 Å². The molecule has 1 heterocycles. The van der Waals surface area contributed by atoms with Crippen molar-refractivity contribution < 1.29 is 9.53 Å². The summed E-state index contributed by atoms with van der Waals surface area (Å²) in [6.07, 6.45) is 1.13. The molecule has 0 aliphatic carbocycles. The van der Waals surface area contributed by atoms with E-state index in [9.17, 15) is 4.79 Å². The van der Waals surface area contributed by atoms with Gasteiger partial charge in [-0.2, -0.15) is 0 Å². The zero-order valence-corrected chi connectivity index (χ0v) is 16.8. The SMILES string of the molecule is CC(C)(C)OC(=O)n1cc(Br)cc1-c1c(Cl)cc(Br)cc1Cl. The van der Waals surface area contributed by atoms with Crippen LogP contribution in [0.3, 0.4) is 0 Å². The van der Waals surface area contributed by atoms with Crippen LogP contribution < -0.4 is 0 Å². The molecule has 0 saturated heterocycles. The molecule has 0 saturated carbocycles. The van der Waals surface area contributed by atoms with Gasteiger partial charge in [0, 0.05) is 20.7 Å². The van der Waals surface area contributed by atoms with Gasteiger partial charge < -0.3 is 4.74 Å². The maximum absolute atomic E-state index is 12.4. The van der Waals surface area contributed by atoms with Crippen molar-refractivity contribution in [3.8, 4) is 11.3 Å². The van der Waals surface area contributed by atoms with Gasteiger partial charge in [0.15, 0.2) is 0 Å². The Balaban J connectivity index is 2.57. The van der Waals surface area contributed by atoms with E-state index in [2.05, 4.69) is 31.9 Å². The van der Waals surface area contributed by atoms with Crippen LogP contribution in [-0.4, -0.2) is 16.3 Å². The standard InChI is InChI=1S/C15H13Br2Cl2NO2/c1-15(2,3)22-14(21)20-7-9(17)6-12(20)13-10(18)4-8(16)5-11(13)19/h4-7H,1-3H3. The normalized spacial score (nSPS) is 11.6. The predicted molar refractivity (Wildman–Crippen MR) is 96.9 cm³/mol. The molecule has 3 nitrogen and oxygen atoms in total. The molecule has 2 aromatic rings. The number of benzene rings is 1. The minimum Gasteiger partial charge on any atom is -0.443 e. The predicted octanol–water partition coefficient (Wildman–Crippen LogP) is 6.77. The second kappa shape index (κ2) is 6.56. The summed E-state index contributed by atoms with van der Waals surface area (Å²) in [5.74, 6) is 0. The molecular weight excluding hydrogens is 457 g/mol. The van der Waals surface area contributed by atoms with Crippen LogP contribution >= 0.6 is 55.1 Å². The number of hydrogen-bond acceptors (Lipinski definition) is 2. The summed E-state index contributed by atoms with van der Waals surface area (Å²) in [6, 6.07) is 5.22. The van der Waals surface area contributed by atoms with Crippen LogP contribution in [0.15, 0.2) is 33.3 Å². The van der Waals surface area contributed by atoms with Crippen molar-refractivity contribution in [2.45, 2.75) is 26.4 Å². The number of halogens is 4. The highest BCUT2D eigenvalue weighted by molar-refractivity contribution is 9.10. The van der Waals surface area contributed by atoms with Gasteiger partial charge in [-0.1, -0.05) is 39.1 Å². The Morgan fingerprint density at radius 1 is 1.09 bits per heavy atom. The molecule has 0 aliphatic heterocycles. The van der Waals surface area contributed by atoms with E-state index in [4.69, 9.17) is 27.9 Å². The summed E-state index contributed by atoms with van der Waals surface area (Å²) in [4.78, 5) is 12.4. The maximum atomic E-state index is 12.4. The van der Waals surface area contributed by atoms with Crippen LogP contribution in [0.25, 0.3) is 11.3 Å². The van der Waals surface area contributed by atoms with Crippen LogP contribution in [0.4, 0.5) is 4.79 Å². The first kappa shape index (κ1) is 17.9. The van der Waals surface area contributed by atoms with Gasteiger partial charge in [0.2, 0.25) is 0 Å². The van der Waals surface area contributed by atoms with Gasteiger partial charge in [-0.25, -0.2) is 4.79 Å². The Labute approximate surface area is 155 Å². The molecule has 0 spiro atoms. The Bertz CT molecular complexity index is 713. The first-order valence-electron chi connectivity index (χ1n) is 6.34. The first-order chi connectivity index (χ1) is 10.1. The lowest BCUT2D eigenvalue weighted by atomic mass is 10.1. The van der Waals surface area contributed by atoms with Crippen molar-refractivity contribution in [2.75, 3.05) is 0 Å². The van der Waals surface area contributed by atoms with Crippen LogP contribution in [0.1, 0.15) is 20.8 Å². The van der Waals surface area contributed by atoms with Crippen molar-refractivity contribution in [1.29, 1.82) is 0 Å². The maximum Gasteiger partial charge on any atom is 0.419 e. The fourth-order valence-corrected chi connectivity index (χ4v) is 3.70. The molecule has 2 rings (SSSR count). The number of hydrogen-bond donors (Lipinski definition) is 0. The number of ether oxygens (including phenoxy) is 1. The Kier molecular flexibility index (Phi) is 5.32. The molecule has 0 fully saturated rings. The molecule has 1 aromatic heterocycles. The van der Waals surface area contributed by atoms with E-state index < -0.39 is 11.7 Å². The minimum atomic E-state index is -0.599. The molecule has 7 heteroatoms. The highest BCUT2D eigenvalue weighted by Crippen LogP contribution is 2.39.